The maximum atomic E-state index is 12.1. The Labute approximate surface area is 138 Å². The Morgan fingerprint density at radius 2 is 1.91 bits per heavy atom. The number of nitrogens with one attached hydrogen (secondary N) is 1. The van der Waals surface area contributed by atoms with E-state index >= 15 is 0 Å². The zero-order valence-corrected chi connectivity index (χ0v) is 14.1. The van der Waals surface area contributed by atoms with Gasteiger partial charge in [-0.15, -0.1) is 0 Å². The van der Waals surface area contributed by atoms with Gasteiger partial charge in [0.2, 0.25) is 5.91 Å². The monoisotopic (exact) mass is 311 g/mol. The molecule has 2 aromatic rings. The van der Waals surface area contributed by atoms with Crippen LogP contribution < -0.4 is 10.1 Å². The zero-order valence-electron chi connectivity index (χ0n) is 14.1. The highest BCUT2D eigenvalue weighted by Gasteiger charge is 2.14. The average Bonchev–Trinajstić information content (AvgIpc) is 2.55. The van der Waals surface area contributed by atoms with Crippen molar-refractivity contribution in [1.82, 2.24) is 5.32 Å². The number of ether oxygens (including phenoxy) is 1. The number of benzene rings is 2. The van der Waals surface area contributed by atoms with Gasteiger partial charge in [-0.2, -0.15) is 0 Å². The van der Waals surface area contributed by atoms with E-state index in [-0.39, 0.29) is 11.9 Å². The van der Waals surface area contributed by atoms with Crippen molar-refractivity contribution in [2.75, 3.05) is 7.11 Å². The second-order valence-electron chi connectivity index (χ2n) is 5.87. The quantitative estimate of drug-likeness (QED) is 0.832. The van der Waals surface area contributed by atoms with Gasteiger partial charge in [-0.05, 0) is 38.3 Å². The topological polar surface area (TPSA) is 38.3 Å². The molecule has 3 nitrogen and oxygen atoms in total. The first-order valence-corrected chi connectivity index (χ1v) is 8.08. The molecule has 3 heteroatoms. The highest BCUT2D eigenvalue weighted by molar-refractivity contribution is 5.76. The van der Waals surface area contributed by atoms with E-state index in [1.807, 2.05) is 44.2 Å². The summed E-state index contributed by atoms with van der Waals surface area (Å²) in [4.78, 5) is 12.1. The van der Waals surface area contributed by atoms with E-state index in [9.17, 15) is 4.79 Å². The number of carbonyl (C=O) groups is 1. The molecule has 23 heavy (non-hydrogen) atoms. The largest absolute Gasteiger partial charge is 0.496 e. The minimum absolute atomic E-state index is 0.0610. The number of carbonyl (C=O) groups excluding carboxylic acids is 1. The Morgan fingerprint density at radius 3 is 2.61 bits per heavy atom. The van der Waals surface area contributed by atoms with Crippen LogP contribution in [0, 0.1) is 6.92 Å². The lowest BCUT2D eigenvalue weighted by atomic mass is 10.0. The van der Waals surface area contributed by atoms with E-state index in [1.165, 1.54) is 5.56 Å². The van der Waals surface area contributed by atoms with Gasteiger partial charge in [-0.25, -0.2) is 0 Å². The molecule has 1 amide bonds. The average molecular weight is 311 g/mol. The molecule has 0 spiro atoms. The van der Waals surface area contributed by atoms with Gasteiger partial charge >= 0.3 is 0 Å². The predicted octanol–water partition coefficient (Wildman–Crippen LogP) is 4.20. The lowest BCUT2D eigenvalue weighted by Gasteiger charge is -2.18. The Morgan fingerprint density at radius 1 is 1.17 bits per heavy atom. The third-order valence-corrected chi connectivity index (χ3v) is 3.94. The molecule has 0 heterocycles. The molecule has 1 N–H and O–H groups in total. The number of aryl methyl sites for hydroxylation is 2. The minimum atomic E-state index is -0.0610. The SMILES string of the molecule is COc1ccc(C)cc1C(C)NC(=O)CCCc1ccccc1. The van der Waals surface area contributed by atoms with Crippen LogP contribution in [-0.4, -0.2) is 13.0 Å². The molecule has 0 bridgehead atoms. The number of amides is 1. The first-order chi connectivity index (χ1) is 11.1. The molecule has 0 aliphatic heterocycles. The summed E-state index contributed by atoms with van der Waals surface area (Å²) in [7, 11) is 1.66. The summed E-state index contributed by atoms with van der Waals surface area (Å²) in [6, 6.07) is 16.2. The third kappa shape index (κ3) is 5.13. The molecular weight excluding hydrogens is 286 g/mol. The first kappa shape index (κ1) is 17.1. The van der Waals surface area contributed by atoms with E-state index < -0.39 is 0 Å². The summed E-state index contributed by atoms with van der Waals surface area (Å²) < 4.78 is 5.39. The van der Waals surface area contributed by atoms with Gasteiger partial charge in [0.1, 0.15) is 5.75 Å². The molecule has 0 aliphatic carbocycles. The molecule has 0 fully saturated rings. The molecule has 122 valence electrons. The van der Waals surface area contributed by atoms with Crippen molar-refractivity contribution in [2.45, 2.75) is 39.2 Å². The molecule has 2 aromatic carbocycles. The lowest BCUT2D eigenvalue weighted by molar-refractivity contribution is -0.121. The fraction of sp³-hybridized carbons (Fsp3) is 0.350. The molecule has 0 aromatic heterocycles. The molecule has 2 rings (SSSR count). The lowest BCUT2D eigenvalue weighted by Crippen LogP contribution is -2.26. The second kappa shape index (κ2) is 8.37. The van der Waals surface area contributed by atoms with Gasteiger partial charge in [0.15, 0.2) is 0 Å². The maximum absolute atomic E-state index is 12.1. The van der Waals surface area contributed by atoms with Crippen molar-refractivity contribution in [3.8, 4) is 5.75 Å². The number of hydrogen-bond acceptors (Lipinski definition) is 2. The summed E-state index contributed by atoms with van der Waals surface area (Å²) in [6.07, 6.45) is 2.32. The van der Waals surface area contributed by atoms with Crippen LogP contribution in [0.4, 0.5) is 0 Å². The van der Waals surface area contributed by atoms with E-state index in [1.54, 1.807) is 7.11 Å². The summed E-state index contributed by atoms with van der Waals surface area (Å²) >= 11 is 0. The normalized spacial score (nSPS) is 11.8. The maximum Gasteiger partial charge on any atom is 0.220 e. The van der Waals surface area contributed by atoms with Crippen LogP contribution >= 0.6 is 0 Å². The van der Waals surface area contributed by atoms with Crippen molar-refractivity contribution in [2.24, 2.45) is 0 Å². The zero-order chi connectivity index (χ0) is 16.7. The van der Waals surface area contributed by atoms with Crippen molar-refractivity contribution in [1.29, 1.82) is 0 Å². The molecule has 0 saturated heterocycles. The minimum Gasteiger partial charge on any atom is -0.496 e. The molecular formula is C20H25NO2. The highest BCUT2D eigenvalue weighted by Crippen LogP contribution is 2.26. The van der Waals surface area contributed by atoms with Crippen LogP contribution in [0.3, 0.4) is 0 Å². The van der Waals surface area contributed by atoms with Crippen LogP contribution in [0.5, 0.6) is 5.75 Å². The Hall–Kier alpha value is -2.29. The molecule has 0 aliphatic rings. The van der Waals surface area contributed by atoms with Crippen LogP contribution in [0.2, 0.25) is 0 Å². The number of hydrogen-bond donors (Lipinski definition) is 1. The van der Waals surface area contributed by atoms with E-state index in [0.29, 0.717) is 6.42 Å². The van der Waals surface area contributed by atoms with Gasteiger partial charge in [0, 0.05) is 12.0 Å². The second-order valence-corrected chi connectivity index (χ2v) is 5.87. The third-order valence-electron chi connectivity index (χ3n) is 3.94. The molecule has 1 atom stereocenters. The first-order valence-electron chi connectivity index (χ1n) is 8.08. The molecule has 0 radical (unpaired) electrons. The van der Waals surface area contributed by atoms with E-state index in [0.717, 1.165) is 29.7 Å². The van der Waals surface area contributed by atoms with Crippen LogP contribution in [0.1, 0.15) is 42.5 Å². The number of methoxy groups -OCH3 is 1. The Kier molecular flexibility index (Phi) is 6.21. The summed E-state index contributed by atoms with van der Waals surface area (Å²) in [5.74, 6) is 0.893. The van der Waals surface area contributed by atoms with E-state index in [4.69, 9.17) is 4.74 Å². The number of rotatable bonds is 7. The summed E-state index contributed by atoms with van der Waals surface area (Å²) in [5.41, 5.74) is 3.45. The van der Waals surface area contributed by atoms with Gasteiger partial charge in [0.25, 0.3) is 0 Å². The van der Waals surface area contributed by atoms with Gasteiger partial charge in [-0.1, -0.05) is 48.0 Å². The Bertz CT molecular complexity index is 637. The predicted molar refractivity (Wildman–Crippen MR) is 93.7 cm³/mol. The van der Waals surface area contributed by atoms with E-state index in [2.05, 4.69) is 23.5 Å². The van der Waals surface area contributed by atoms with Gasteiger partial charge in [0.05, 0.1) is 13.2 Å². The Balaban J connectivity index is 1.86. The smallest absolute Gasteiger partial charge is 0.220 e. The molecule has 1 unspecified atom stereocenters. The van der Waals surface area contributed by atoms with Gasteiger partial charge < -0.3 is 10.1 Å². The fourth-order valence-corrected chi connectivity index (χ4v) is 2.68. The van der Waals surface area contributed by atoms with Crippen LogP contribution in [-0.2, 0) is 11.2 Å². The van der Waals surface area contributed by atoms with Crippen molar-refractivity contribution in [3.63, 3.8) is 0 Å². The summed E-state index contributed by atoms with van der Waals surface area (Å²) in [6.45, 7) is 4.03. The van der Waals surface area contributed by atoms with Crippen molar-refractivity contribution >= 4 is 5.91 Å². The van der Waals surface area contributed by atoms with Crippen LogP contribution in [0.25, 0.3) is 0 Å². The summed E-state index contributed by atoms with van der Waals surface area (Å²) in [5, 5.41) is 3.07. The highest BCUT2D eigenvalue weighted by atomic mass is 16.5. The van der Waals surface area contributed by atoms with Gasteiger partial charge in [-0.3, -0.25) is 4.79 Å². The van der Waals surface area contributed by atoms with Crippen LogP contribution in [0.15, 0.2) is 48.5 Å². The standard InChI is InChI=1S/C20H25NO2/c1-15-12-13-19(23-3)18(14-15)16(2)21-20(22)11-7-10-17-8-5-4-6-9-17/h4-6,8-9,12-14,16H,7,10-11H2,1-3H3,(H,21,22). The molecule has 0 saturated carbocycles. The van der Waals surface area contributed by atoms with Crippen molar-refractivity contribution in [3.05, 3.63) is 65.2 Å². The van der Waals surface area contributed by atoms with Crippen molar-refractivity contribution < 1.29 is 9.53 Å². The fourth-order valence-electron chi connectivity index (χ4n) is 2.68.